The zero-order valence-corrected chi connectivity index (χ0v) is 16.4. The van der Waals surface area contributed by atoms with Crippen LogP contribution in [-0.4, -0.2) is 23.8 Å². The minimum atomic E-state index is -3.87. The van der Waals surface area contributed by atoms with Crippen LogP contribution in [-0.2, 0) is 27.8 Å². The van der Waals surface area contributed by atoms with Gasteiger partial charge >= 0.3 is 0 Å². The Balaban J connectivity index is 1.99. The average molecular weight is 430 g/mol. The molecule has 9 nitrogen and oxygen atoms in total. The fourth-order valence-corrected chi connectivity index (χ4v) is 4.32. The van der Waals surface area contributed by atoms with Crippen LogP contribution in [0.5, 0.6) is 0 Å². The molecule has 0 radical (unpaired) electrons. The Bertz CT molecular complexity index is 1330. The predicted octanol–water partition coefficient (Wildman–Crippen LogP) is 1.56. The van der Waals surface area contributed by atoms with Crippen LogP contribution in [0.2, 0.25) is 0 Å². The summed E-state index contributed by atoms with van der Waals surface area (Å²) in [5.41, 5.74) is 1.13. The van der Waals surface area contributed by atoms with Gasteiger partial charge in [-0.15, -0.1) is 6.42 Å². The quantitative estimate of drug-likeness (QED) is 0.372. The number of nitrogens with zero attached hydrogens (tertiary/aromatic N) is 3. The number of aromatic nitrogens is 1. The number of fused-ring (bicyclic) bond motifs is 1. The zero-order chi connectivity index (χ0) is 21.2. The van der Waals surface area contributed by atoms with E-state index in [1.165, 1.54) is 36.4 Å². The molecule has 0 saturated carbocycles. The molecule has 0 atom stereocenters. The summed E-state index contributed by atoms with van der Waals surface area (Å²) in [6.07, 6.45) is 5.36. The number of amides is 1. The van der Waals surface area contributed by atoms with Crippen molar-refractivity contribution < 1.29 is 18.1 Å². The van der Waals surface area contributed by atoms with Crippen LogP contribution in [0.15, 0.2) is 52.4 Å². The molecule has 3 aromatic rings. The topological polar surface area (TPSA) is 138 Å². The van der Waals surface area contributed by atoms with Gasteiger partial charge in [-0.1, -0.05) is 29.4 Å². The summed E-state index contributed by atoms with van der Waals surface area (Å²) in [4.78, 5) is 26.9. The Morgan fingerprint density at radius 1 is 1.28 bits per heavy atom. The number of benzene rings is 2. The molecule has 1 heterocycles. The lowest BCUT2D eigenvalue weighted by Crippen LogP contribution is -2.17. The number of nitrogens with two attached hydrogens (primary N) is 1. The third-order valence-electron chi connectivity index (χ3n) is 3.96. The van der Waals surface area contributed by atoms with E-state index >= 15 is 0 Å². The summed E-state index contributed by atoms with van der Waals surface area (Å²) in [6, 6.07) is 9.93. The molecular formula is C18H14N4O5S2. The van der Waals surface area contributed by atoms with E-state index in [0.717, 1.165) is 11.3 Å². The highest BCUT2D eigenvalue weighted by Gasteiger charge is 2.13. The molecule has 0 fully saturated rings. The number of nitro benzene ring substituents is 1. The van der Waals surface area contributed by atoms with E-state index in [4.69, 9.17) is 11.6 Å². The van der Waals surface area contributed by atoms with Gasteiger partial charge in [0.25, 0.3) is 11.6 Å². The molecule has 0 unspecified atom stereocenters. The number of carbonyl (C=O) groups is 1. The van der Waals surface area contributed by atoms with Crippen molar-refractivity contribution >= 4 is 43.2 Å². The lowest BCUT2D eigenvalue weighted by molar-refractivity contribution is -0.384. The lowest BCUT2D eigenvalue weighted by atomic mass is 10.1. The molecule has 1 amide bonds. The fourth-order valence-electron chi connectivity index (χ4n) is 2.62. The van der Waals surface area contributed by atoms with Crippen molar-refractivity contribution in [3.8, 4) is 12.3 Å². The van der Waals surface area contributed by atoms with E-state index in [1.807, 2.05) is 0 Å². The van der Waals surface area contributed by atoms with Crippen molar-refractivity contribution in [1.82, 2.24) is 4.57 Å². The van der Waals surface area contributed by atoms with E-state index in [1.54, 1.807) is 10.6 Å². The van der Waals surface area contributed by atoms with Gasteiger partial charge in [0.1, 0.15) is 0 Å². The van der Waals surface area contributed by atoms with Crippen molar-refractivity contribution in [2.24, 2.45) is 10.1 Å². The number of terminal acetylenes is 1. The molecule has 0 aliphatic rings. The summed E-state index contributed by atoms with van der Waals surface area (Å²) in [6.45, 7) is 0.137. The van der Waals surface area contributed by atoms with E-state index in [0.29, 0.717) is 20.6 Å². The van der Waals surface area contributed by atoms with Crippen molar-refractivity contribution in [3.05, 3.63) is 62.9 Å². The lowest BCUT2D eigenvalue weighted by Gasteiger charge is -2.01. The normalized spacial score (nSPS) is 12.1. The van der Waals surface area contributed by atoms with Gasteiger partial charge in [0.05, 0.1) is 33.0 Å². The number of non-ortho nitro benzene ring substituents is 1. The van der Waals surface area contributed by atoms with E-state index in [9.17, 15) is 23.3 Å². The highest BCUT2D eigenvalue weighted by atomic mass is 32.2. The fraction of sp³-hybridized carbons (Fsp3) is 0.111. The van der Waals surface area contributed by atoms with Crippen molar-refractivity contribution in [1.29, 1.82) is 0 Å². The maximum Gasteiger partial charge on any atom is 0.269 e. The molecular weight excluding hydrogens is 416 g/mol. The van der Waals surface area contributed by atoms with E-state index in [2.05, 4.69) is 10.9 Å². The minimum Gasteiger partial charge on any atom is -0.305 e. The summed E-state index contributed by atoms with van der Waals surface area (Å²) < 4.78 is 25.3. The van der Waals surface area contributed by atoms with Crippen molar-refractivity contribution in [2.45, 2.75) is 17.9 Å². The number of sulfonamides is 1. The van der Waals surface area contributed by atoms with Crippen LogP contribution in [0, 0.1) is 22.5 Å². The van der Waals surface area contributed by atoms with Crippen LogP contribution in [0.1, 0.15) is 5.56 Å². The van der Waals surface area contributed by atoms with Gasteiger partial charge in [0, 0.05) is 12.1 Å². The highest BCUT2D eigenvalue weighted by Crippen LogP contribution is 2.21. The molecule has 148 valence electrons. The van der Waals surface area contributed by atoms with Crippen LogP contribution >= 0.6 is 11.3 Å². The number of hydrogen-bond donors (Lipinski definition) is 1. The van der Waals surface area contributed by atoms with Gasteiger partial charge in [-0.25, -0.2) is 13.6 Å². The average Bonchev–Trinajstić information content (AvgIpc) is 2.98. The van der Waals surface area contributed by atoms with Gasteiger partial charge in [-0.2, -0.15) is 4.99 Å². The van der Waals surface area contributed by atoms with Gasteiger partial charge < -0.3 is 4.57 Å². The molecule has 11 heteroatoms. The number of carbonyl (C=O) groups excluding carboxylic acids is 1. The first-order valence-electron chi connectivity index (χ1n) is 8.09. The maximum absolute atomic E-state index is 12.4. The molecule has 0 saturated heterocycles. The predicted molar refractivity (Wildman–Crippen MR) is 107 cm³/mol. The largest absolute Gasteiger partial charge is 0.305 e. The van der Waals surface area contributed by atoms with Crippen LogP contribution in [0.3, 0.4) is 0 Å². The molecule has 0 spiro atoms. The Morgan fingerprint density at radius 2 is 1.97 bits per heavy atom. The standard InChI is InChI=1S/C18H14N4O5S2/c1-2-9-21-15-8-7-14(29(19,26)27)11-16(15)28-18(21)20-17(23)10-12-3-5-13(6-4-12)22(24)25/h1,3-8,11H,9-10H2,(H2,19,26,27). The molecule has 1 aromatic heterocycles. The maximum atomic E-state index is 12.4. The zero-order valence-electron chi connectivity index (χ0n) is 14.8. The molecule has 2 aromatic carbocycles. The summed E-state index contributed by atoms with van der Waals surface area (Å²) in [5.74, 6) is 2.01. The first-order chi connectivity index (χ1) is 13.7. The van der Waals surface area contributed by atoms with Crippen molar-refractivity contribution in [3.63, 3.8) is 0 Å². The van der Waals surface area contributed by atoms with Crippen LogP contribution in [0.4, 0.5) is 5.69 Å². The second-order valence-electron chi connectivity index (χ2n) is 5.96. The van der Waals surface area contributed by atoms with Gasteiger partial charge in [-0.05, 0) is 23.8 Å². The highest BCUT2D eigenvalue weighted by molar-refractivity contribution is 7.89. The van der Waals surface area contributed by atoms with Gasteiger partial charge in [0.2, 0.25) is 10.0 Å². The Morgan fingerprint density at radius 3 is 2.55 bits per heavy atom. The molecule has 0 aliphatic heterocycles. The number of rotatable bonds is 5. The second kappa shape index (κ2) is 7.96. The number of hydrogen-bond acceptors (Lipinski definition) is 6. The van der Waals surface area contributed by atoms with Crippen LogP contribution in [0.25, 0.3) is 10.2 Å². The Kier molecular flexibility index (Phi) is 5.60. The minimum absolute atomic E-state index is 0.0509. The third-order valence-corrected chi connectivity index (χ3v) is 5.91. The first kappa shape index (κ1) is 20.4. The summed E-state index contributed by atoms with van der Waals surface area (Å²) in [7, 11) is -3.87. The first-order valence-corrected chi connectivity index (χ1v) is 10.5. The smallest absolute Gasteiger partial charge is 0.269 e. The van der Waals surface area contributed by atoms with Crippen LogP contribution < -0.4 is 9.94 Å². The third kappa shape index (κ3) is 4.57. The molecule has 0 bridgehead atoms. The Labute approximate surface area is 169 Å². The number of thiazole rings is 1. The SMILES string of the molecule is C#CCn1c(=NC(=O)Cc2ccc([N+](=O)[O-])cc2)sc2cc(S(N)(=O)=O)ccc21. The second-order valence-corrected chi connectivity index (χ2v) is 8.53. The molecule has 29 heavy (non-hydrogen) atoms. The molecule has 2 N–H and O–H groups in total. The molecule has 0 aliphatic carbocycles. The number of nitro groups is 1. The molecule has 3 rings (SSSR count). The number of primary sulfonamides is 1. The van der Waals surface area contributed by atoms with Gasteiger partial charge in [0.15, 0.2) is 4.80 Å². The van der Waals surface area contributed by atoms with E-state index in [-0.39, 0.29) is 23.5 Å². The van der Waals surface area contributed by atoms with Crippen molar-refractivity contribution in [2.75, 3.05) is 0 Å². The summed E-state index contributed by atoms with van der Waals surface area (Å²) >= 11 is 1.11. The monoisotopic (exact) mass is 430 g/mol. The van der Waals surface area contributed by atoms with Gasteiger partial charge in [-0.3, -0.25) is 14.9 Å². The van der Waals surface area contributed by atoms with E-state index < -0.39 is 20.9 Å². The summed E-state index contributed by atoms with van der Waals surface area (Å²) in [5, 5.41) is 15.9. The Hall–Kier alpha value is -3.33.